The molecule has 3 aromatic rings. The van der Waals surface area contributed by atoms with Gasteiger partial charge in [-0.25, -0.2) is 0 Å². The van der Waals surface area contributed by atoms with E-state index in [0.29, 0.717) is 39.6 Å². The number of rotatable bonds is 11. The largest absolute Gasteiger partial charge is 0.498 e. The first kappa shape index (κ1) is 31.3. The average molecular weight is 603 g/mol. The molecule has 1 unspecified atom stereocenters. The van der Waals surface area contributed by atoms with E-state index in [1.807, 2.05) is 13.0 Å². The van der Waals surface area contributed by atoms with Crippen molar-refractivity contribution in [3.63, 3.8) is 0 Å². The van der Waals surface area contributed by atoms with Crippen molar-refractivity contribution in [2.24, 2.45) is 0 Å². The summed E-state index contributed by atoms with van der Waals surface area (Å²) in [6, 6.07) is 12.5. The molecule has 0 aliphatic carbocycles. The average Bonchev–Trinajstić information content (AvgIpc) is 3.28. The van der Waals surface area contributed by atoms with Gasteiger partial charge >= 0.3 is 6.18 Å². The molecule has 1 atom stereocenters. The fraction of sp³-hybridized carbons (Fsp3) is 0.419. The second-order valence-corrected chi connectivity index (χ2v) is 11.6. The molecular weight excluding hydrogens is 565 g/mol. The molecule has 2 aromatic carbocycles. The van der Waals surface area contributed by atoms with E-state index in [1.54, 1.807) is 42.7 Å². The summed E-state index contributed by atoms with van der Waals surface area (Å²) in [5.74, 6) is 7.10. The summed E-state index contributed by atoms with van der Waals surface area (Å²) in [7, 11) is 0.358. The van der Waals surface area contributed by atoms with Crippen LogP contribution in [0.25, 0.3) is 10.9 Å². The molecule has 0 saturated carbocycles. The van der Waals surface area contributed by atoms with Crippen LogP contribution in [0.2, 0.25) is 0 Å². The number of allylic oxidation sites excluding steroid dienone is 1. The minimum Gasteiger partial charge on any atom is -0.498 e. The molecule has 7 nitrogen and oxygen atoms in total. The lowest BCUT2D eigenvalue weighted by atomic mass is 10.0. The number of halogens is 3. The maximum absolute atomic E-state index is 13.6. The Morgan fingerprint density at radius 1 is 1.17 bits per heavy atom. The van der Waals surface area contributed by atoms with Gasteiger partial charge in [-0.05, 0) is 62.1 Å². The van der Waals surface area contributed by atoms with Crippen LogP contribution in [-0.2, 0) is 22.1 Å². The quantitative estimate of drug-likeness (QED) is 0.212. The molecule has 1 aliphatic rings. The number of nitrogens with zero attached hydrogens (tertiary/aromatic N) is 2. The Morgan fingerprint density at radius 2 is 1.93 bits per heavy atom. The summed E-state index contributed by atoms with van der Waals surface area (Å²) in [6.45, 7) is 7.91. The van der Waals surface area contributed by atoms with E-state index in [-0.39, 0.29) is 18.3 Å². The van der Waals surface area contributed by atoms with Gasteiger partial charge in [-0.3, -0.25) is 9.11 Å². The van der Waals surface area contributed by atoms with E-state index < -0.39 is 23.5 Å². The van der Waals surface area contributed by atoms with Gasteiger partial charge in [0.15, 0.2) is 0 Å². The van der Waals surface area contributed by atoms with Gasteiger partial charge in [0.05, 0.1) is 36.3 Å². The first-order valence-electron chi connectivity index (χ1n) is 13.7. The van der Waals surface area contributed by atoms with E-state index in [1.165, 1.54) is 11.7 Å². The van der Waals surface area contributed by atoms with Crippen molar-refractivity contribution >= 4 is 33.1 Å². The normalized spacial score (nSPS) is 15.1. The molecule has 1 aliphatic heterocycles. The molecule has 2 N–H and O–H groups in total. The highest BCUT2D eigenvalue weighted by Crippen LogP contribution is 2.31. The number of alkyl halides is 3. The molecule has 226 valence electrons. The number of anilines is 2. The third-order valence-electron chi connectivity index (χ3n) is 7.07. The summed E-state index contributed by atoms with van der Waals surface area (Å²) in [6.07, 6.45) is -0.979. The van der Waals surface area contributed by atoms with Crippen LogP contribution in [0.1, 0.15) is 25.5 Å². The van der Waals surface area contributed by atoms with E-state index >= 15 is 0 Å². The number of fused-ring (bicyclic) bond motifs is 1. The van der Waals surface area contributed by atoms with Gasteiger partial charge in [0.1, 0.15) is 18.9 Å². The third kappa shape index (κ3) is 8.46. The Balaban J connectivity index is 1.49. The van der Waals surface area contributed by atoms with Crippen molar-refractivity contribution in [2.45, 2.75) is 43.4 Å². The van der Waals surface area contributed by atoms with Gasteiger partial charge in [0.2, 0.25) is 0 Å². The fourth-order valence-electron chi connectivity index (χ4n) is 5.00. The fourth-order valence-corrected chi connectivity index (χ4v) is 5.54. The number of piperidine rings is 1. The number of methoxy groups -OCH3 is 1. The van der Waals surface area contributed by atoms with Crippen molar-refractivity contribution in [1.29, 1.82) is 0 Å². The maximum Gasteiger partial charge on any atom is 0.406 e. The monoisotopic (exact) mass is 602 g/mol. The molecule has 2 heterocycles. The SMILES string of the molecule is C=C(C)OCCN1CCC(Nc2cccc3c2cc(C#CCNc2ccc(S(C)=O)cc2OC)n3CC(F)(F)F)CC1. The molecule has 4 rings (SSSR count). The molecule has 0 spiro atoms. The summed E-state index contributed by atoms with van der Waals surface area (Å²) in [5, 5.41) is 7.41. The van der Waals surface area contributed by atoms with Gasteiger partial charge in [0, 0.05) is 58.7 Å². The van der Waals surface area contributed by atoms with Gasteiger partial charge in [-0.2, -0.15) is 13.2 Å². The lowest BCUT2D eigenvalue weighted by Gasteiger charge is -2.32. The van der Waals surface area contributed by atoms with E-state index in [0.717, 1.165) is 38.2 Å². The summed E-state index contributed by atoms with van der Waals surface area (Å²) in [4.78, 5) is 2.97. The van der Waals surface area contributed by atoms with Crippen LogP contribution in [0.15, 0.2) is 59.7 Å². The van der Waals surface area contributed by atoms with Gasteiger partial charge in [-0.1, -0.05) is 18.6 Å². The lowest BCUT2D eigenvalue weighted by molar-refractivity contribution is -0.140. The Morgan fingerprint density at radius 3 is 2.60 bits per heavy atom. The van der Waals surface area contributed by atoms with Gasteiger partial charge in [-0.15, -0.1) is 0 Å². The number of benzene rings is 2. The molecule has 0 radical (unpaired) electrons. The predicted octanol–water partition coefficient (Wildman–Crippen LogP) is 5.84. The molecular formula is C31H37F3N4O3S. The lowest BCUT2D eigenvalue weighted by Crippen LogP contribution is -2.40. The van der Waals surface area contributed by atoms with Crippen molar-refractivity contribution in [1.82, 2.24) is 9.47 Å². The Hall–Kier alpha value is -3.62. The Kier molecular flexibility index (Phi) is 10.5. The molecule has 0 amide bonds. The van der Waals surface area contributed by atoms with Crippen LogP contribution in [0.3, 0.4) is 0 Å². The van der Waals surface area contributed by atoms with Crippen molar-refractivity contribution in [3.05, 3.63) is 60.5 Å². The van der Waals surface area contributed by atoms with E-state index in [2.05, 4.69) is 34.0 Å². The topological polar surface area (TPSA) is 67.8 Å². The van der Waals surface area contributed by atoms with Crippen LogP contribution < -0.4 is 15.4 Å². The van der Waals surface area contributed by atoms with Gasteiger partial charge < -0.3 is 24.7 Å². The van der Waals surface area contributed by atoms with E-state index in [9.17, 15) is 17.4 Å². The summed E-state index contributed by atoms with van der Waals surface area (Å²) < 4.78 is 64.7. The highest BCUT2D eigenvalue weighted by Gasteiger charge is 2.30. The number of likely N-dealkylation sites (tertiary alicyclic amines) is 1. The molecule has 1 fully saturated rings. The van der Waals surface area contributed by atoms with Gasteiger partial charge in [0.25, 0.3) is 0 Å². The second kappa shape index (κ2) is 14.0. The summed E-state index contributed by atoms with van der Waals surface area (Å²) in [5.41, 5.74) is 2.22. The van der Waals surface area contributed by atoms with Crippen LogP contribution in [0.4, 0.5) is 24.5 Å². The second-order valence-electron chi connectivity index (χ2n) is 10.3. The minimum absolute atomic E-state index is 0.180. The predicted molar refractivity (Wildman–Crippen MR) is 163 cm³/mol. The summed E-state index contributed by atoms with van der Waals surface area (Å²) >= 11 is 0. The van der Waals surface area contributed by atoms with Crippen molar-refractivity contribution in [2.75, 3.05) is 56.8 Å². The highest BCUT2D eigenvalue weighted by atomic mass is 32.2. The van der Waals surface area contributed by atoms with Crippen molar-refractivity contribution in [3.8, 4) is 17.6 Å². The third-order valence-corrected chi connectivity index (χ3v) is 7.99. The van der Waals surface area contributed by atoms with Crippen LogP contribution in [-0.4, -0.2) is 72.0 Å². The molecule has 0 bridgehead atoms. The van der Waals surface area contributed by atoms with Crippen LogP contribution >= 0.6 is 0 Å². The number of hydrogen-bond acceptors (Lipinski definition) is 6. The number of aromatic nitrogens is 1. The number of ether oxygens (including phenoxy) is 2. The zero-order valence-electron chi connectivity index (χ0n) is 24.1. The Labute approximate surface area is 247 Å². The van der Waals surface area contributed by atoms with Crippen molar-refractivity contribution < 1.29 is 26.9 Å². The maximum atomic E-state index is 13.6. The molecule has 11 heteroatoms. The van der Waals surface area contributed by atoms with Crippen LogP contribution in [0, 0.1) is 11.8 Å². The zero-order chi connectivity index (χ0) is 30.3. The molecule has 42 heavy (non-hydrogen) atoms. The first-order valence-corrected chi connectivity index (χ1v) is 15.3. The van der Waals surface area contributed by atoms with E-state index in [4.69, 9.17) is 9.47 Å². The molecule has 1 aromatic heterocycles. The van der Waals surface area contributed by atoms with Crippen LogP contribution in [0.5, 0.6) is 5.75 Å². The smallest absolute Gasteiger partial charge is 0.406 e. The highest BCUT2D eigenvalue weighted by molar-refractivity contribution is 7.84. The number of nitrogens with one attached hydrogen (secondary N) is 2. The first-order chi connectivity index (χ1) is 20.0. The molecule has 1 saturated heterocycles. The minimum atomic E-state index is -4.40. The standard InChI is InChI=1S/C31H37F3N4O3S/c1-22(2)41-18-17-37-15-12-23(13-16-37)36-27-8-5-9-29-26(27)19-24(38(29)21-31(32,33)34)7-6-14-35-28-11-10-25(42(4)39)20-30(28)40-3/h5,8-11,19-20,23,35-36H,1,12-18,21H2,2-4H3. The number of hydrogen-bond donors (Lipinski definition) is 2. The zero-order valence-corrected chi connectivity index (χ0v) is 25.0. The Bertz CT molecular complexity index is 1480.